The van der Waals surface area contributed by atoms with Gasteiger partial charge in [0.2, 0.25) is 0 Å². The molecule has 3 rings (SSSR count). The van der Waals surface area contributed by atoms with Gasteiger partial charge in [-0.05, 0) is 42.7 Å². The molecule has 0 spiro atoms. The molecule has 0 aliphatic heterocycles. The molecule has 0 N–H and O–H groups in total. The molecular weight excluding hydrogens is 216 g/mol. The van der Waals surface area contributed by atoms with Crippen LogP contribution in [-0.2, 0) is 12.8 Å². The molecule has 0 saturated heterocycles. The molecule has 0 unspecified atom stereocenters. The number of thiophene rings is 1. The van der Waals surface area contributed by atoms with E-state index < -0.39 is 0 Å². The number of hydrogen-bond acceptors (Lipinski definition) is 1. The molecule has 2 aromatic rings. The summed E-state index contributed by atoms with van der Waals surface area (Å²) >= 11 is 1.74. The topological polar surface area (TPSA) is 11.3 Å². The average molecular weight is 231 g/mol. The van der Waals surface area contributed by atoms with Gasteiger partial charge in [-0.25, -0.2) is 4.42 Å². The Bertz CT molecular complexity index is 500. The van der Waals surface area contributed by atoms with Crippen LogP contribution < -0.4 is 0 Å². The highest BCUT2D eigenvalue weighted by Gasteiger charge is 2.23. The zero-order valence-electron chi connectivity index (χ0n) is 9.45. The van der Waals surface area contributed by atoms with Crippen LogP contribution in [0.15, 0.2) is 28.0 Å². The van der Waals surface area contributed by atoms with Crippen molar-refractivity contribution < 1.29 is 4.42 Å². The van der Waals surface area contributed by atoms with Crippen molar-refractivity contribution in [2.75, 3.05) is 0 Å². The van der Waals surface area contributed by atoms with Gasteiger partial charge >= 0.3 is 11.5 Å². The summed E-state index contributed by atoms with van der Waals surface area (Å²) < 4.78 is 5.93. The second-order valence-electron chi connectivity index (χ2n) is 4.36. The lowest BCUT2D eigenvalue weighted by Crippen LogP contribution is -2.04. The standard InChI is InChI=1S/C14H15OS/c1-10-12-6-3-2-5-11(12)9-13(15-10)14-7-4-8-16-14/h4,7-9H,2-3,5-6H2,1H3/q+1. The summed E-state index contributed by atoms with van der Waals surface area (Å²) in [6, 6.07) is 6.44. The summed E-state index contributed by atoms with van der Waals surface area (Å²) in [4.78, 5) is 1.23. The minimum Gasteiger partial charge on any atom is -0.211 e. The Kier molecular flexibility index (Phi) is 2.52. The first-order valence-corrected chi connectivity index (χ1v) is 6.72. The van der Waals surface area contributed by atoms with Crippen LogP contribution in [0, 0.1) is 6.92 Å². The zero-order valence-corrected chi connectivity index (χ0v) is 10.3. The highest BCUT2D eigenvalue weighted by atomic mass is 32.1. The van der Waals surface area contributed by atoms with Gasteiger partial charge in [-0.15, -0.1) is 11.3 Å². The third kappa shape index (κ3) is 1.67. The summed E-state index contributed by atoms with van der Waals surface area (Å²) in [5.74, 6) is 2.15. The summed E-state index contributed by atoms with van der Waals surface area (Å²) in [6.07, 6.45) is 5.03. The van der Waals surface area contributed by atoms with Crippen LogP contribution >= 0.6 is 11.3 Å². The molecule has 2 heteroatoms. The van der Waals surface area contributed by atoms with E-state index in [4.69, 9.17) is 4.42 Å². The Morgan fingerprint density at radius 3 is 2.94 bits per heavy atom. The second kappa shape index (κ2) is 4.02. The van der Waals surface area contributed by atoms with E-state index in [1.807, 2.05) is 0 Å². The van der Waals surface area contributed by atoms with Gasteiger partial charge < -0.3 is 0 Å². The fourth-order valence-corrected chi connectivity index (χ4v) is 3.12. The quantitative estimate of drug-likeness (QED) is 0.659. The van der Waals surface area contributed by atoms with Crippen molar-refractivity contribution in [3.63, 3.8) is 0 Å². The molecule has 0 amide bonds. The lowest BCUT2D eigenvalue weighted by molar-refractivity contribution is 0.508. The van der Waals surface area contributed by atoms with Crippen molar-refractivity contribution in [1.82, 2.24) is 0 Å². The Labute approximate surface area is 99.8 Å². The first-order chi connectivity index (χ1) is 7.84. The minimum absolute atomic E-state index is 1.04. The van der Waals surface area contributed by atoms with Crippen LogP contribution in [0.25, 0.3) is 10.6 Å². The molecule has 0 saturated carbocycles. The summed E-state index contributed by atoms with van der Waals surface area (Å²) in [5.41, 5.74) is 2.95. The minimum atomic E-state index is 1.04. The summed E-state index contributed by atoms with van der Waals surface area (Å²) in [5, 5.41) is 2.10. The van der Waals surface area contributed by atoms with Gasteiger partial charge in [0.15, 0.2) is 0 Å². The van der Waals surface area contributed by atoms with Crippen molar-refractivity contribution in [3.8, 4) is 10.6 Å². The molecule has 82 valence electrons. The number of aryl methyl sites for hydroxylation is 2. The van der Waals surface area contributed by atoms with E-state index in [0.29, 0.717) is 0 Å². The van der Waals surface area contributed by atoms with Gasteiger partial charge in [-0.3, -0.25) is 0 Å². The smallest absolute Gasteiger partial charge is 0.211 e. The Morgan fingerprint density at radius 2 is 2.12 bits per heavy atom. The zero-order chi connectivity index (χ0) is 11.0. The van der Waals surface area contributed by atoms with Crippen LogP contribution in [0.2, 0.25) is 0 Å². The molecule has 0 fully saturated rings. The van der Waals surface area contributed by atoms with E-state index in [1.54, 1.807) is 11.3 Å². The van der Waals surface area contributed by atoms with Gasteiger partial charge in [-0.1, -0.05) is 6.07 Å². The molecule has 2 aromatic heterocycles. The molecule has 16 heavy (non-hydrogen) atoms. The molecule has 0 aromatic carbocycles. The largest absolute Gasteiger partial charge is 0.370 e. The molecule has 1 nitrogen and oxygen atoms in total. The normalized spacial score (nSPS) is 14.8. The first-order valence-electron chi connectivity index (χ1n) is 5.84. The van der Waals surface area contributed by atoms with Gasteiger partial charge in [0.1, 0.15) is 4.88 Å². The van der Waals surface area contributed by atoms with Gasteiger partial charge in [0.25, 0.3) is 0 Å². The van der Waals surface area contributed by atoms with E-state index in [0.717, 1.165) is 11.5 Å². The van der Waals surface area contributed by atoms with Gasteiger partial charge in [0.05, 0.1) is 12.5 Å². The van der Waals surface area contributed by atoms with Crippen molar-refractivity contribution in [2.45, 2.75) is 32.6 Å². The summed E-state index contributed by atoms with van der Waals surface area (Å²) in [6.45, 7) is 2.10. The van der Waals surface area contributed by atoms with E-state index in [-0.39, 0.29) is 0 Å². The third-order valence-corrected chi connectivity index (χ3v) is 4.15. The molecule has 1 aliphatic rings. The van der Waals surface area contributed by atoms with Crippen molar-refractivity contribution in [1.29, 1.82) is 0 Å². The van der Waals surface area contributed by atoms with Crippen LogP contribution in [0.1, 0.15) is 29.7 Å². The fourth-order valence-electron chi connectivity index (χ4n) is 2.44. The second-order valence-corrected chi connectivity index (χ2v) is 5.30. The predicted molar refractivity (Wildman–Crippen MR) is 67.8 cm³/mol. The number of fused-ring (bicyclic) bond motifs is 1. The lowest BCUT2D eigenvalue weighted by Gasteiger charge is -2.12. The molecule has 2 heterocycles. The molecule has 0 radical (unpaired) electrons. The van der Waals surface area contributed by atoms with Gasteiger partial charge in [0, 0.05) is 6.07 Å². The Balaban J connectivity index is 2.12. The maximum Gasteiger partial charge on any atom is 0.370 e. The lowest BCUT2D eigenvalue weighted by atomic mass is 9.91. The maximum atomic E-state index is 5.93. The molecule has 1 aliphatic carbocycles. The number of hydrogen-bond donors (Lipinski definition) is 0. The van der Waals surface area contributed by atoms with Crippen LogP contribution in [0.3, 0.4) is 0 Å². The fraction of sp³-hybridized carbons (Fsp3) is 0.357. The Hall–Kier alpha value is -1.15. The van der Waals surface area contributed by atoms with E-state index in [2.05, 4.69) is 30.5 Å². The number of rotatable bonds is 1. The first kappa shape index (κ1) is 10.0. The van der Waals surface area contributed by atoms with Gasteiger partial charge in [-0.2, -0.15) is 0 Å². The average Bonchev–Trinajstić information content (AvgIpc) is 2.82. The van der Waals surface area contributed by atoms with Crippen LogP contribution in [-0.4, -0.2) is 0 Å². The highest BCUT2D eigenvalue weighted by molar-refractivity contribution is 7.13. The monoisotopic (exact) mass is 231 g/mol. The SMILES string of the molecule is Cc1[o+]c(-c2cccs2)cc2c1CCCC2. The maximum absolute atomic E-state index is 5.93. The molecular formula is C14H15OS+. The predicted octanol–water partition coefficient (Wildman–Crippen LogP) is 4.48. The molecule has 0 atom stereocenters. The highest BCUT2D eigenvalue weighted by Crippen LogP contribution is 2.32. The van der Waals surface area contributed by atoms with E-state index in [9.17, 15) is 0 Å². The summed E-state index contributed by atoms with van der Waals surface area (Å²) in [7, 11) is 0. The molecule has 0 bridgehead atoms. The third-order valence-electron chi connectivity index (χ3n) is 3.27. The van der Waals surface area contributed by atoms with Crippen molar-refractivity contribution >= 4 is 11.3 Å². The Morgan fingerprint density at radius 1 is 1.25 bits per heavy atom. The van der Waals surface area contributed by atoms with Crippen LogP contribution in [0.5, 0.6) is 0 Å². The van der Waals surface area contributed by atoms with E-state index in [1.165, 1.54) is 41.7 Å². The van der Waals surface area contributed by atoms with E-state index >= 15 is 0 Å². The van der Waals surface area contributed by atoms with Crippen molar-refractivity contribution in [3.05, 3.63) is 40.5 Å². The van der Waals surface area contributed by atoms with Crippen molar-refractivity contribution in [2.24, 2.45) is 0 Å². The van der Waals surface area contributed by atoms with Crippen LogP contribution in [0.4, 0.5) is 0 Å².